The van der Waals surface area contributed by atoms with Gasteiger partial charge >= 0.3 is 6.18 Å². The summed E-state index contributed by atoms with van der Waals surface area (Å²) in [6.07, 6.45) is -4.36. The van der Waals surface area contributed by atoms with Crippen LogP contribution in [0.5, 0.6) is 0 Å². The highest BCUT2D eigenvalue weighted by atomic mass is 32.2. The molecule has 13 heteroatoms. The van der Waals surface area contributed by atoms with Crippen LogP contribution >= 0.6 is 23.1 Å². The molecule has 0 bridgehead atoms. The molecule has 0 aliphatic rings. The lowest BCUT2D eigenvalue weighted by atomic mass is 10.1. The van der Waals surface area contributed by atoms with Gasteiger partial charge in [0.1, 0.15) is 0 Å². The molecular weight excluding hydrogens is 477 g/mol. The Bertz CT molecular complexity index is 1250. The number of thiophene rings is 1. The van der Waals surface area contributed by atoms with Crippen molar-refractivity contribution in [1.29, 1.82) is 0 Å². The van der Waals surface area contributed by atoms with Gasteiger partial charge in [0.2, 0.25) is 17.6 Å². The van der Waals surface area contributed by atoms with Crippen LogP contribution in [0.2, 0.25) is 0 Å². The van der Waals surface area contributed by atoms with Gasteiger partial charge in [0, 0.05) is 18.5 Å². The molecule has 33 heavy (non-hydrogen) atoms. The smallest absolute Gasteiger partial charge is 0.370 e. The fraction of sp³-hybridized carbons (Fsp3) is 0.250. The molecule has 2 N–H and O–H groups in total. The molecule has 1 amide bonds. The summed E-state index contributed by atoms with van der Waals surface area (Å²) < 4.78 is 46.1. The standard InChI is InChI=1S/C20H17F3N6O2S2/c1-11(18-25-16(28-31-18)12-4-2-5-13(10-12)20(21,22)23)33-19-27-26-17(14-6-3-9-32-14)29(19)8-7-15(24)30/h2-6,9-11H,7-8H2,1H3,(H2,24,30). The highest BCUT2D eigenvalue weighted by Crippen LogP contribution is 2.37. The molecule has 4 rings (SSSR count). The number of rotatable bonds is 8. The van der Waals surface area contributed by atoms with Gasteiger partial charge in [-0.25, -0.2) is 0 Å². The first kappa shape index (κ1) is 23.0. The molecule has 0 saturated carbocycles. The second-order valence-electron chi connectivity index (χ2n) is 6.95. The predicted octanol–water partition coefficient (Wildman–Crippen LogP) is 4.80. The molecule has 3 heterocycles. The molecule has 0 aliphatic heterocycles. The maximum Gasteiger partial charge on any atom is 0.416 e. The Labute approximate surface area is 194 Å². The summed E-state index contributed by atoms with van der Waals surface area (Å²) in [5.41, 5.74) is 4.72. The molecule has 0 spiro atoms. The zero-order valence-electron chi connectivity index (χ0n) is 17.1. The number of hydrogen-bond donors (Lipinski definition) is 1. The first-order valence-corrected chi connectivity index (χ1v) is 11.4. The summed E-state index contributed by atoms with van der Waals surface area (Å²) in [7, 11) is 0. The third-order valence-electron chi connectivity index (χ3n) is 4.56. The van der Waals surface area contributed by atoms with Gasteiger partial charge in [-0.05, 0) is 30.5 Å². The number of carbonyl (C=O) groups is 1. The Hall–Kier alpha value is -3.19. The van der Waals surface area contributed by atoms with Crippen LogP contribution in [0.1, 0.15) is 30.0 Å². The molecule has 1 atom stereocenters. The van der Waals surface area contributed by atoms with E-state index in [9.17, 15) is 18.0 Å². The number of nitrogens with zero attached hydrogens (tertiary/aromatic N) is 5. The van der Waals surface area contributed by atoms with E-state index >= 15 is 0 Å². The van der Waals surface area contributed by atoms with Gasteiger partial charge in [0.05, 0.1) is 15.7 Å². The molecule has 0 fully saturated rings. The van der Waals surface area contributed by atoms with Gasteiger partial charge in [-0.15, -0.1) is 21.5 Å². The van der Waals surface area contributed by atoms with Gasteiger partial charge in [0.25, 0.3) is 0 Å². The van der Waals surface area contributed by atoms with Crippen molar-refractivity contribution in [2.75, 3.05) is 0 Å². The van der Waals surface area contributed by atoms with Gasteiger partial charge in [-0.3, -0.25) is 4.79 Å². The summed E-state index contributed by atoms with van der Waals surface area (Å²) in [5, 5.41) is 14.4. The van der Waals surface area contributed by atoms with Gasteiger partial charge in [-0.1, -0.05) is 35.1 Å². The second kappa shape index (κ2) is 9.35. The van der Waals surface area contributed by atoms with E-state index < -0.39 is 17.6 Å². The Morgan fingerprint density at radius 1 is 1.27 bits per heavy atom. The number of primary amides is 1. The number of benzene rings is 1. The number of nitrogens with two attached hydrogens (primary N) is 1. The van der Waals surface area contributed by atoms with Crippen molar-refractivity contribution in [3.63, 3.8) is 0 Å². The number of aromatic nitrogens is 5. The van der Waals surface area contributed by atoms with Crippen molar-refractivity contribution in [2.45, 2.75) is 36.5 Å². The molecule has 3 aromatic heterocycles. The van der Waals surface area contributed by atoms with E-state index in [4.69, 9.17) is 10.3 Å². The topological polar surface area (TPSA) is 113 Å². The van der Waals surface area contributed by atoms with Crippen LogP contribution in [0.15, 0.2) is 51.5 Å². The van der Waals surface area contributed by atoms with Crippen molar-refractivity contribution >= 4 is 29.0 Å². The predicted molar refractivity (Wildman–Crippen MR) is 116 cm³/mol. The molecule has 1 aromatic carbocycles. The Morgan fingerprint density at radius 3 is 2.79 bits per heavy atom. The third kappa shape index (κ3) is 5.25. The fourth-order valence-corrected chi connectivity index (χ4v) is 4.57. The molecule has 172 valence electrons. The number of thioether (sulfide) groups is 1. The van der Waals surface area contributed by atoms with Gasteiger partial charge in [0.15, 0.2) is 11.0 Å². The zero-order valence-corrected chi connectivity index (χ0v) is 18.7. The molecule has 0 radical (unpaired) electrons. The second-order valence-corrected chi connectivity index (χ2v) is 9.20. The van der Waals surface area contributed by atoms with E-state index in [1.807, 2.05) is 17.5 Å². The SMILES string of the molecule is CC(Sc1nnc(-c2cccs2)n1CCC(N)=O)c1nc(-c2cccc(C(F)(F)F)c2)no1. The number of alkyl halides is 3. The highest BCUT2D eigenvalue weighted by molar-refractivity contribution is 7.99. The minimum absolute atomic E-state index is 0.0537. The lowest BCUT2D eigenvalue weighted by Crippen LogP contribution is -2.15. The van der Waals surface area contributed by atoms with E-state index in [1.54, 1.807) is 11.5 Å². The first-order valence-electron chi connectivity index (χ1n) is 9.65. The highest BCUT2D eigenvalue weighted by Gasteiger charge is 2.31. The monoisotopic (exact) mass is 494 g/mol. The van der Waals surface area contributed by atoms with Crippen LogP contribution in [-0.4, -0.2) is 30.8 Å². The average Bonchev–Trinajstić information content (AvgIpc) is 3.52. The lowest BCUT2D eigenvalue weighted by Gasteiger charge is -2.10. The maximum absolute atomic E-state index is 13.0. The van der Waals surface area contributed by atoms with Crippen molar-refractivity contribution in [3.8, 4) is 22.1 Å². The fourth-order valence-electron chi connectivity index (χ4n) is 2.95. The molecule has 0 saturated heterocycles. The van der Waals surface area contributed by atoms with Crippen LogP contribution in [0.3, 0.4) is 0 Å². The van der Waals surface area contributed by atoms with Crippen molar-refractivity contribution in [1.82, 2.24) is 24.9 Å². The van der Waals surface area contributed by atoms with Crippen LogP contribution in [0, 0.1) is 0 Å². The molecule has 4 aromatic rings. The van der Waals surface area contributed by atoms with E-state index in [2.05, 4.69) is 20.3 Å². The Balaban J connectivity index is 1.57. The average molecular weight is 495 g/mol. The minimum atomic E-state index is -4.47. The number of hydrogen-bond acceptors (Lipinski definition) is 8. The van der Waals surface area contributed by atoms with Crippen molar-refractivity contribution in [3.05, 3.63) is 53.2 Å². The van der Waals surface area contributed by atoms with E-state index in [0.717, 1.165) is 17.0 Å². The number of carbonyl (C=O) groups excluding carboxylic acids is 1. The normalized spacial score (nSPS) is 12.7. The quantitative estimate of drug-likeness (QED) is 0.350. The lowest BCUT2D eigenvalue weighted by molar-refractivity contribution is -0.137. The third-order valence-corrected chi connectivity index (χ3v) is 6.49. The summed E-state index contributed by atoms with van der Waals surface area (Å²) in [4.78, 5) is 16.5. The van der Waals surface area contributed by atoms with Crippen LogP contribution in [0.4, 0.5) is 13.2 Å². The van der Waals surface area contributed by atoms with Crippen LogP contribution in [-0.2, 0) is 17.5 Å². The first-order chi connectivity index (χ1) is 15.7. The molecule has 0 aliphatic carbocycles. The largest absolute Gasteiger partial charge is 0.416 e. The van der Waals surface area contributed by atoms with E-state index in [0.29, 0.717) is 17.5 Å². The Kier molecular flexibility index (Phi) is 6.51. The molecule has 1 unspecified atom stereocenters. The zero-order chi connectivity index (χ0) is 23.6. The minimum Gasteiger partial charge on any atom is -0.370 e. The van der Waals surface area contributed by atoms with E-state index in [-0.39, 0.29) is 28.9 Å². The number of halogens is 3. The summed E-state index contributed by atoms with van der Waals surface area (Å²) >= 11 is 2.76. The van der Waals surface area contributed by atoms with Crippen LogP contribution < -0.4 is 5.73 Å². The van der Waals surface area contributed by atoms with Crippen LogP contribution in [0.25, 0.3) is 22.1 Å². The van der Waals surface area contributed by atoms with Crippen molar-refractivity contribution < 1.29 is 22.5 Å². The Morgan fingerprint density at radius 2 is 2.09 bits per heavy atom. The summed E-state index contributed by atoms with van der Waals surface area (Å²) in [6, 6.07) is 8.51. The summed E-state index contributed by atoms with van der Waals surface area (Å²) in [6.45, 7) is 2.09. The summed E-state index contributed by atoms with van der Waals surface area (Å²) in [5.74, 6) is 0.427. The van der Waals surface area contributed by atoms with E-state index in [1.165, 1.54) is 35.2 Å². The number of amides is 1. The van der Waals surface area contributed by atoms with Gasteiger partial charge in [-0.2, -0.15) is 18.2 Å². The maximum atomic E-state index is 13.0. The molecular formula is C20H17F3N6O2S2. The molecule has 8 nitrogen and oxygen atoms in total. The van der Waals surface area contributed by atoms with Crippen molar-refractivity contribution in [2.24, 2.45) is 5.73 Å². The van der Waals surface area contributed by atoms with Gasteiger partial charge < -0.3 is 14.8 Å².